The predicted octanol–water partition coefficient (Wildman–Crippen LogP) is 2.63. The minimum atomic E-state index is -0.574. The first kappa shape index (κ1) is 19.3. The molecule has 4 aromatic rings. The van der Waals surface area contributed by atoms with Gasteiger partial charge in [0.2, 0.25) is 11.6 Å². The van der Waals surface area contributed by atoms with E-state index in [4.69, 9.17) is 17.3 Å². The zero-order valence-corrected chi connectivity index (χ0v) is 16.4. The maximum Gasteiger partial charge on any atom is 0.294 e. The van der Waals surface area contributed by atoms with Crippen molar-refractivity contribution in [3.05, 3.63) is 70.4 Å². The standard InChI is InChI=1S/C19H15ClN8O2/c1-11-6-8-12(9-7-11)16-15(23-27-28(16)18-17(21)25-30-26-18)19(29)24-22-10-13-4-2-3-5-14(13)20/h2-10H,1H3,(H2,21,25)(H,24,29). The molecule has 0 atom stereocenters. The van der Waals surface area contributed by atoms with Crippen molar-refractivity contribution in [3.8, 4) is 17.1 Å². The Hall–Kier alpha value is -4.05. The molecular weight excluding hydrogens is 408 g/mol. The molecule has 0 spiro atoms. The SMILES string of the molecule is Cc1ccc(-c2c(C(=O)NN=Cc3ccccc3Cl)nnn2-c2nonc2N)cc1. The second-order valence-corrected chi connectivity index (χ2v) is 6.67. The number of halogens is 1. The Morgan fingerprint density at radius 1 is 1.20 bits per heavy atom. The summed E-state index contributed by atoms with van der Waals surface area (Å²) in [5.74, 6) is -0.441. The molecule has 4 rings (SSSR count). The van der Waals surface area contributed by atoms with Gasteiger partial charge in [-0.25, -0.2) is 10.1 Å². The van der Waals surface area contributed by atoms with E-state index in [1.165, 1.54) is 10.9 Å². The fraction of sp³-hybridized carbons (Fsp3) is 0.0526. The molecule has 0 saturated heterocycles. The van der Waals surface area contributed by atoms with Gasteiger partial charge in [-0.2, -0.15) is 9.78 Å². The van der Waals surface area contributed by atoms with Crippen LogP contribution in [0.4, 0.5) is 5.82 Å². The van der Waals surface area contributed by atoms with E-state index in [1.807, 2.05) is 37.3 Å². The summed E-state index contributed by atoms with van der Waals surface area (Å²) in [6.07, 6.45) is 1.44. The number of nitrogens with two attached hydrogens (primary N) is 1. The molecular formula is C19H15ClN8O2. The van der Waals surface area contributed by atoms with E-state index in [0.29, 0.717) is 21.8 Å². The highest BCUT2D eigenvalue weighted by Gasteiger charge is 2.25. The lowest BCUT2D eigenvalue weighted by Gasteiger charge is -2.06. The first-order valence-electron chi connectivity index (χ1n) is 8.73. The van der Waals surface area contributed by atoms with Gasteiger partial charge in [-0.15, -0.1) is 5.10 Å². The van der Waals surface area contributed by atoms with Crippen molar-refractivity contribution in [2.45, 2.75) is 6.92 Å². The van der Waals surface area contributed by atoms with Crippen LogP contribution in [-0.2, 0) is 0 Å². The molecule has 30 heavy (non-hydrogen) atoms. The molecule has 0 aliphatic rings. The highest BCUT2D eigenvalue weighted by Crippen LogP contribution is 2.26. The fourth-order valence-electron chi connectivity index (χ4n) is 2.68. The number of carbonyl (C=O) groups is 1. The summed E-state index contributed by atoms with van der Waals surface area (Å²) < 4.78 is 5.95. The summed E-state index contributed by atoms with van der Waals surface area (Å²) in [5.41, 5.74) is 11.0. The largest absolute Gasteiger partial charge is 0.378 e. The smallest absolute Gasteiger partial charge is 0.294 e. The van der Waals surface area contributed by atoms with Crippen LogP contribution in [-0.4, -0.2) is 37.4 Å². The van der Waals surface area contributed by atoms with E-state index < -0.39 is 5.91 Å². The number of amides is 1. The number of anilines is 1. The number of aromatic nitrogens is 5. The molecule has 2 heterocycles. The van der Waals surface area contributed by atoms with Gasteiger partial charge >= 0.3 is 0 Å². The normalized spacial score (nSPS) is 11.1. The first-order valence-corrected chi connectivity index (χ1v) is 9.11. The van der Waals surface area contributed by atoms with Crippen LogP contribution in [0, 0.1) is 6.92 Å². The molecule has 0 saturated carbocycles. The van der Waals surface area contributed by atoms with Gasteiger partial charge < -0.3 is 5.73 Å². The quantitative estimate of drug-likeness (QED) is 0.372. The maximum atomic E-state index is 12.8. The predicted molar refractivity (Wildman–Crippen MR) is 110 cm³/mol. The monoisotopic (exact) mass is 422 g/mol. The summed E-state index contributed by atoms with van der Waals surface area (Å²) in [4.78, 5) is 12.8. The summed E-state index contributed by atoms with van der Waals surface area (Å²) in [7, 11) is 0. The third-order valence-corrected chi connectivity index (χ3v) is 4.53. The van der Waals surface area contributed by atoms with E-state index in [1.54, 1.807) is 18.2 Å². The first-order chi connectivity index (χ1) is 14.5. The molecule has 2 aromatic heterocycles. The minimum Gasteiger partial charge on any atom is -0.378 e. The van der Waals surface area contributed by atoms with Crippen molar-refractivity contribution in [2.24, 2.45) is 5.10 Å². The van der Waals surface area contributed by atoms with Crippen molar-refractivity contribution in [3.63, 3.8) is 0 Å². The highest BCUT2D eigenvalue weighted by molar-refractivity contribution is 6.33. The maximum absolute atomic E-state index is 12.8. The Balaban J connectivity index is 1.70. The zero-order valence-electron chi connectivity index (χ0n) is 15.7. The van der Waals surface area contributed by atoms with Crippen LogP contribution in [0.5, 0.6) is 0 Å². The van der Waals surface area contributed by atoms with Crippen LogP contribution in [0.2, 0.25) is 5.02 Å². The second kappa shape index (κ2) is 8.13. The van der Waals surface area contributed by atoms with Crippen molar-refractivity contribution >= 4 is 29.5 Å². The number of hydrogen-bond donors (Lipinski definition) is 2. The van der Waals surface area contributed by atoms with Gasteiger partial charge in [0.1, 0.15) is 5.69 Å². The van der Waals surface area contributed by atoms with E-state index in [2.05, 4.69) is 35.8 Å². The molecule has 3 N–H and O–H groups in total. The Morgan fingerprint density at radius 2 is 1.97 bits per heavy atom. The zero-order chi connectivity index (χ0) is 21.1. The van der Waals surface area contributed by atoms with Gasteiger partial charge in [-0.1, -0.05) is 64.8 Å². The molecule has 0 aliphatic heterocycles. The molecule has 0 unspecified atom stereocenters. The van der Waals surface area contributed by atoms with Crippen LogP contribution in [0.3, 0.4) is 0 Å². The van der Waals surface area contributed by atoms with Crippen molar-refractivity contribution < 1.29 is 9.42 Å². The van der Waals surface area contributed by atoms with E-state index in [0.717, 1.165) is 5.56 Å². The van der Waals surface area contributed by atoms with Crippen molar-refractivity contribution in [1.29, 1.82) is 0 Å². The van der Waals surface area contributed by atoms with Crippen LogP contribution in [0.1, 0.15) is 21.6 Å². The second-order valence-electron chi connectivity index (χ2n) is 6.26. The number of hydrazone groups is 1. The van der Waals surface area contributed by atoms with Crippen molar-refractivity contribution in [2.75, 3.05) is 5.73 Å². The third-order valence-electron chi connectivity index (χ3n) is 4.18. The number of nitrogens with zero attached hydrogens (tertiary/aromatic N) is 6. The average molecular weight is 423 g/mol. The average Bonchev–Trinajstić information content (AvgIpc) is 3.36. The topological polar surface area (TPSA) is 137 Å². The molecule has 10 nitrogen and oxygen atoms in total. The minimum absolute atomic E-state index is 0.0111. The molecule has 0 bridgehead atoms. The lowest BCUT2D eigenvalue weighted by Crippen LogP contribution is -2.19. The Morgan fingerprint density at radius 3 is 2.67 bits per heavy atom. The van der Waals surface area contributed by atoms with Crippen LogP contribution in [0.15, 0.2) is 58.3 Å². The summed E-state index contributed by atoms with van der Waals surface area (Å²) in [6, 6.07) is 14.6. The Bertz CT molecular complexity index is 1230. The van der Waals surface area contributed by atoms with Gasteiger partial charge in [0, 0.05) is 16.1 Å². The number of nitrogens with one attached hydrogen (secondary N) is 1. The van der Waals surface area contributed by atoms with Crippen LogP contribution >= 0.6 is 11.6 Å². The van der Waals surface area contributed by atoms with Gasteiger partial charge in [0.25, 0.3) is 5.91 Å². The lowest BCUT2D eigenvalue weighted by molar-refractivity contribution is 0.0950. The molecule has 2 aromatic carbocycles. The number of benzene rings is 2. The number of aryl methyl sites for hydroxylation is 1. The summed E-state index contributed by atoms with van der Waals surface area (Å²) in [5, 5.41) is 19.8. The molecule has 150 valence electrons. The molecule has 11 heteroatoms. The number of carbonyl (C=O) groups excluding carboxylic acids is 1. The number of rotatable bonds is 5. The third kappa shape index (κ3) is 3.76. The molecule has 0 aliphatic carbocycles. The highest BCUT2D eigenvalue weighted by atomic mass is 35.5. The Labute approximate surface area is 175 Å². The van der Waals surface area contributed by atoms with Gasteiger partial charge in [-0.05, 0) is 23.3 Å². The summed E-state index contributed by atoms with van der Waals surface area (Å²) >= 11 is 6.09. The Kier molecular flexibility index (Phi) is 5.22. The van der Waals surface area contributed by atoms with E-state index >= 15 is 0 Å². The van der Waals surface area contributed by atoms with E-state index in [9.17, 15) is 4.79 Å². The van der Waals surface area contributed by atoms with E-state index in [-0.39, 0.29) is 17.3 Å². The van der Waals surface area contributed by atoms with Gasteiger partial charge in [0.15, 0.2) is 5.69 Å². The number of nitrogen functional groups attached to an aromatic ring is 1. The molecule has 0 fully saturated rings. The summed E-state index contributed by atoms with van der Waals surface area (Å²) in [6.45, 7) is 1.95. The molecule has 0 radical (unpaired) electrons. The lowest BCUT2D eigenvalue weighted by atomic mass is 10.1. The van der Waals surface area contributed by atoms with Crippen molar-refractivity contribution in [1.82, 2.24) is 30.7 Å². The van der Waals surface area contributed by atoms with Crippen LogP contribution in [0.25, 0.3) is 17.1 Å². The molecule has 1 amide bonds. The fourth-order valence-corrected chi connectivity index (χ4v) is 2.87. The van der Waals surface area contributed by atoms with Gasteiger partial charge in [0.05, 0.1) is 6.21 Å². The van der Waals surface area contributed by atoms with Gasteiger partial charge in [-0.3, -0.25) is 4.79 Å². The number of hydrogen-bond acceptors (Lipinski definition) is 8. The van der Waals surface area contributed by atoms with Crippen LogP contribution < -0.4 is 11.2 Å².